The topological polar surface area (TPSA) is 24.9 Å². The first-order valence-corrected chi connectivity index (χ1v) is 8.95. The molecular weight excluding hydrogens is 344 g/mol. The molecule has 0 spiro atoms. The van der Waals surface area contributed by atoms with Gasteiger partial charge in [0, 0.05) is 15.3 Å². The van der Waals surface area contributed by atoms with Gasteiger partial charge in [-0.1, -0.05) is 55.8 Å². The predicted molar refractivity (Wildman–Crippen MR) is 95.2 cm³/mol. The molecule has 0 aliphatic heterocycles. The van der Waals surface area contributed by atoms with Crippen LogP contribution in [-0.2, 0) is 5.41 Å². The molecule has 0 fully saturated rings. The summed E-state index contributed by atoms with van der Waals surface area (Å²) in [5, 5.41) is 6.89. The van der Waals surface area contributed by atoms with Gasteiger partial charge in [0.15, 0.2) is 0 Å². The van der Waals surface area contributed by atoms with Crippen molar-refractivity contribution in [2.45, 2.75) is 46.1 Å². The summed E-state index contributed by atoms with van der Waals surface area (Å²) in [6.45, 7) is 11.8. The molecule has 114 valence electrons. The molecule has 0 amide bonds. The Labute approximate surface area is 140 Å². The number of aryl methyl sites for hydroxylation is 1. The number of hydrogen-bond acceptors (Lipinski definition) is 3. The van der Waals surface area contributed by atoms with E-state index in [1.54, 1.807) is 11.3 Å². The van der Waals surface area contributed by atoms with Gasteiger partial charge in [-0.25, -0.2) is 4.98 Å². The molecule has 0 saturated carbocycles. The largest absolute Gasteiger partial charge is 0.305 e. The van der Waals surface area contributed by atoms with Gasteiger partial charge in [0.25, 0.3) is 0 Å². The highest BCUT2D eigenvalue weighted by Crippen LogP contribution is 2.31. The molecule has 2 aromatic rings. The van der Waals surface area contributed by atoms with Crippen LogP contribution in [0.1, 0.15) is 55.6 Å². The highest BCUT2D eigenvalue weighted by molar-refractivity contribution is 9.10. The molecule has 21 heavy (non-hydrogen) atoms. The number of rotatable bonds is 4. The number of hydrogen-bond donors (Lipinski definition) is 1. The second-order valence-electron chi connectivity index (χ2n) is 6.32. The fourth-order valence-electron chi connectivity index (χ4n) is 2.16. The van der Waals surface area contributed by atoms with Crippen molar-refractivity contribution >= 4 is 27.3 Å². The summed E-state index contributed by atoms with van der Waals surface area (Å²) in [7, 11) is 0. The Morgan fingerprint density at radius 3 is 2.57 bits per heavy atom. The third-order valence-electron chi connectivity index (χ3n) is 3.46. The number of aromatic nitrogens is 1. The number of nitrogens with zero attached hydrogens (tertiary/aromatic N) is 1. The fourth-order valence-corrected chi connectivity index (χ4v) is 3.56. The number of nitrogens with one attached hydrogen (secondary N) is 1. The molecule has 1 unspecified atom stereocenters. The van der Waals surface area contributed by atoms with Crippen molar-refractivity contribution in [1.29, 1.82) is 0 Å². The van der Waals surface area contributed by atoms with E-state index in [-0.39, 0.29) is 11.5 Å². The van der Waals surface area contributed by atoms with Crippen LogP contribution in [0.5, 0.6) is 0 Å². The zero-order valence-corrected chi connectivity index (χ0v) is 15.7. The van der Waals surface area contributed by atoms with Crippen LogP contribution >= 0.6 is 27.3 Å². The normalized spacial score (nSPS) is 13.4. The molecule has 4 heteroatoms. The summed E-state index contributed by atoms with van der Waals surface area (Å²) < 4.78 is 1.15. The molecule has 0 bridgehead atoms. The van der Waals surface area contributed by atoms with E-state index in [2.05, 4.69) is 79.4 Å². The maximum atomic E-state index is 4.87. The van der Waals surface area contributed by atoms with Crippen molar-refractivity contribution in [3.05, 3.63) is 49.9 Å². The van der Waals surface area contributed by atoms with Crippen LogP contribution in [0.4, 0.5) is 0 Å². The Hall–Kier alpha value is -0.710. The molecular formula is C17H23BrN2S. The van der Waals surface area contributed by atoms with Crippen LogP contribution in [0, 0.1) is 6.92 Å². The van der Waals surface area contributed by atoms with Crippen LogP contribution in [0.25, 0.3) is 0 Å². The number of thiazole rings is 1. The van der Waals surface area contributed by atoms with Crippen molar-refractivity contribution in [3.8, 4) is 0 Å². The molecule has 0 aliphatic rings. The fraction of sp³-hybridized carbons (Fsp3) is 0.471. The van der Waals surface area contributed by atoms with Crippen molar-refractivity contribution in [2.24, 2.45) is 0 Å². The van der Waals surface area contributed by atoms with E-state index in [0.29, 0.717) is 0 Å². The van der Waals surface area contributed by atoms with E-state index in [1.807, 2.05) is 0 Å². The van der Waals surface area contributed by atoms with Crippen LogP contribution < -0.4 is 5.32 Å². The van der Waals surface area contributed by atoms with E-state index in [0.717, 1.165) is 16.0 Å². The summed E-state index contributed by atoms with van der Waals surface area (Å²) >= 11 is 5.31. The van der Waals surface area contributed by atoms with Crippen LogP contribution in [-0.4, -0.2) is 11.5 Å². The monoisotopic (exact) mass is 366 g/mol. The average Bonchev–Trinajstić information content (AvgIpc) is 2.89. The van der Waals surface area contributed by atoms with Gasteiger partial charge in [-0.2, -0.15) is 0 Å². The van der Waals surface area contributed by atoms with Crippen LogP contribution in [0.2, 0.25) is 0 Å². The lowest BCUT2D eigenvalue weighted by molar-refractivity contribution is 0.562. The lowest BCUT2D eigenvalue weighted by atomic mass is 9.93. The minimum absolute atomic E-state index is 0.0984. The Balaban J connectivity index is 2.38. The minimum Gasteiger partial charge on any atom is -0.305 e. The summed E-state index contributed by atoms with van der Waals surface area (Å²) in [5.74, 6) is 0. The summed E-state index contributed by atoms with van der Waals surface area (Å²) in [5.41, 5.74) is 3.79. The molecule has 0 radical (unpaired) electrons. The van der Waals surface area contributed by atoms with Gasteiger partial charge in [-0.15, -0.1) is 11.3 Å². The van der Waals surface area contributed by atoms with Crippen molar-refractivity contribution in [1.82, 2.24) is 10.3 Å². The molecule has 1 atom stereocenters. The Morgan fingerprint density at radius 2 is 2.05 bits per heavy atom. The Bertz CT molecular complexity index is 613. The van der Waals surface area contributed by atoms with Gasteiger partial charge in [0.2, 0.25) is 0 Å². The van der Waals surface area contributed by atoms with Crippen molar-refractivity contribution in [3.63, 3.8) is 0 Å². The smallest absolute Gasteiger partial charge is 0.114 e. The lowest BCUT2D eigenvalue weighted by Gasteiger charge is -2.18. The predicted octanol–water partition coefficient (Wildman–Crippen LogP) is 5.21. The SMILES string of the molecule is CCNC(c1ccc(Br)c(C)c1)c1nc(C(C)(C)C)cs1. The first-order chi connectivity index (χ1) is 9.82. The second-order valence-corrected chi connectivity index (χ2v) is 8.06. The second kappa shape index (κ2) is 6.59. The third-order valence-corrected chi connectivity index (χ3v) is 5.26. The van der Waals surface area contributed by atoms with Crippen molar-refractivity contribution < 1.29 is 0 Å². The number of benzene rings is 1. The molecule has 2 nitrogen and oxygen atoms in total. The Kier molecular flexibility index (Phi) is 5.23. The van der Waals surface area contributed by atoms with E-state index >= 15 is 0 Å². The molecule has 2 rings (SSSR count). The van der Waals surface area contributed by atoms with E-state index in [4.69, 9.17) is 4.98 Å². The highest BCUT2D eigenvalue weighted by Gasteiger charge is 2.22. The van der Waals surface area contributed by atoms with E-state index in [1.165, 1.54) is 16.8 Å². The summed E-state index contributed by atoms with van der Waals surface area (Å²) in [6.07, 6.45) is 0. The van der Waals surface area contributed by atoms with Gasteiger partial charge in [0.05, 0.1) is 11.7 Å². The zero-order chi connectivity index (χ0) is 15.6. The molecule has 0 saturated heterocycles. The standard InChI is InChI=1S/C17H23BrN2S/c1-6-19-15(12-7-8-13(18)11(2)9-12)16-20-14(10-21-16)17(3,4)5/h7-10,15,19H,6H2,1-5H3. The number of halogens is 1. The van der Waals surface area contributed by atoms with E-state index < -0.39 is 0 Å². The molecule has 1 aromatic carbocycles. The first-order valence-electron chi connectivity index (χ1n) is 7.28. The molecule has 1 aromatic heterocycles. The Morgan fingerprint density at radius 1 is 1.33 bits per heavy atom. The summed E-state index contributed by atoms with van der Waals surface area (Å²) in [4.78, 5) is 4.87. The van der Waals surface area contributed by atoms with Gasteiger partial charge in [-0.05, 0) is 30.7 Å². The van der Waals surface area contributed by atoms with Crippen LogP contribution in [0.3, 0.4) is 0 Å². The third kappa shape index (κ3) is 3.93. The van der Waals surface area contributed by atoms with Gasteiger partial charge < -0.3 is 5.32 Å². The molecule has 1 heterocycles. The summed E-state index contributed by atoms with van der Waals surface area (Å²) in [6, 6.07) is 6.69. The zero-order valence-electron chi connectivity index (χ0n) is 13.3. The van der Waals surface area contributed by atoms with Gasteiger partial charge in [-0.3, -0.25) is 0 Å². The van der Waals surface area contributed by atoms with Gasteiger partial charge in [0.1, 0.15) is 5.01 Å². The van der Waals surface area contributed by atoms with Crippen molar-refractivity contribution in [2.75, 3.05) is 6.54 Å². The quantitative estimate of drug-likeness (QED) is 0.802. The molecule has 1 N–H and O–H groups in total. The molecule has 0 aliphatic carbocycles. The minimum atomic E-state index is 0.0984. The maximum absolute atomic E-state index is 4.87. The lowest BCUT2D eigenvalue weighted by Crippen LogP contribution is -2.22. The van der Waals surface area contributed by atoms with E-state index in [9.17, 15) is 0 Å². The first kappa shape index (κ1) is 16.7. The maximum Gasteiger partial charge on any atom is 0.114 e. The highest BCUT2D eigenvalue weighted by atomic mass is 79.9. The van der Waals surface area contributed by atoms with Gasteiger partial charge >= 0.3 is 0 Å². The van der Waals surface area contributed by atoms with Crippen LogP contribution in [0.15, 0.2) is 28.1 Å². The average molecular weight is 367 g/mol.